The predicted octanol–water partition coefficient (Wildman–Crippen LogP) is 6.88. The molecule has 0 aliphatic heterocycles. The lowest BCUT2D eigenvalue weighted by Gasteiger charge is -2.14. The van der Waals surface area contributed by atoms with E-state index in [0.717, 1.165) is 27.1 Å². The summed E-state index contributed by atoms with van der Waals surface area (Å²) in [7, 11) is 0. The Balaban J connectivity index is 1.16. The van der Waals surface area contributed by atoms with Crippen LogP contribution in [-0.2, 0) is 4.74 Å². The highest BCUT2D eigenvalue weighted by Crippen LogP contribution is 2.44. The van der Waals surface area contributed by atoms with Crippen molar-refractivity contribution in [3.63, 3.8) is 0 Å². The fraction of sp³-hybridized carbons (Fsp3) is 0.0938. The molecule has 3 nitrogen and oxygen atoms in total. The van der Waals surface area contributed by atoms with Crippen LogP contribution in [0.4, 0.5) is 4.79 Å². The van der Waals surface area contributed by atoms with Crippen LogP contribution in [0.5, 0.6) is 0 Å². The lowest BCUT2D eigenvalue weighted by molar-refractivity contribution is 0.144. The minimum atomic E-state index is -0.455. The van der Waals surface area contributed by atoms with Gasteiger partial charge in [0.15, 0.2) is 0 Å². The highest BCUT2D eigenvalue weighted by atomic mass is 16.5. The Kier molecular flexibility index (Phi) is 5.41. The first-order chi connectivity index (χ1) is 17.3. The number of benzene rings is 5. The SMILES string of the molecule is O=C(NCC#Cc1c2ccccc2cc2ccccc12)OCC1c2ccccc2-c2ccccc21. The van der Waals surface area contributed by atoms with Crippen molar-refractivity contribution in [3.05, 3.63) is 120 Å². The lowest BCUT2D eigenvalue weighted by atomic mass is 9.97. The number of ether oxygens (including phenoxy) is 1. The maximum absolute atomic E-state index is 12.5. The van der Waals surface area contributed by atoms with Gasteiger partial charge in [-0.05, 0) is 49.9 Å². The fourth-order valence-corrected chi connectivity index (χ4v) is 5.05. The molecule has 0 aromatic heterocycles. The van der Waals surface area contributed by atoms with Crippen LogP contribution < -0.4 is 5.32 Å². The molecule has 0 heterocycles. The van der Waals surface area contributed by atoms with Gasteiger partial charge in [-0.25, -0.2) is 4.79 Å². The van der Waals surface area contributed by atoms with Gasteiger partial charge in [-0.2, -0.15) is 0 Å². The van der Waals surface area contributed by atoms with Crippen molar-refractivity contribution < 1.29 is 9.53 Å². The summed E-state index contributed by atoms with van der Waals surface area (Å²) in [5.74, 6) is 6.45. The quantitative estimate of drug-likeness (QED) is 0.239. The second-order valence-electron chi connectivity index (χ2n) is 8.67. The monoisotopic (exact) mass is 453 g/mol. The van der Waals surface area contributed by atoms with Crippen LogP contribution in [0.15, 0.2) is 103 Å². The predicted molar refractivity (Wildman–Crippen MR) is 141 cm³/mol. The third-order valence-corrected chi connectivity index (χ3v) is 6.65. The number of fused-ring (bicyclic) bond motifs is 5. The Labute approximate surface area is 204 Å². The first-order valence-corrected chi connectivity index (χ1v) is 11.8. The summed E-state index contributed by atoms with van der Waals surface area (Å²) in [4.78, 5) is 12.5. The van der Waals surface area contributed by atoms with Gasteiger partial charge in [-0.1, -0.05) is 109 Å². The number of amides is 1. The molecule has 0 unspecified atom stereocenters. The molecule has 3 heteroatoms. The summed E-state index contributed by atoms with van der Waals surface area (Å²) in [6.45, 7) is 0.509. The minimum absolute atomic E-state index is 0.0429. The summed E-state index contributed by atoms with van der Waals surface area (Å²) >= 11 is 0. The number of rotatable bonds is 3. The Hall–Kier alpha value is -4.55. The second-order valence-corrected chi connectivity index (χ2v) is 8.67. The molecular weight excluding hydrogens is 430 g/mol. The van der Waals surface area contributed by atoms with Crippen molar-refractivity contribution in [3.8, 4) is 23.0 Å². The van der Waals surface area contributed by atoms with Gasteiger partial charge in [-0.3, -0.25) is 0 Å². The molecule has 35 heavy (non-hydrogen) atoms. The number of carbonyl (C=O) groups excluding carboxylic acids is 1. The molecule has 0 fully saturated rings. The summed E-state index contributed by atoms with van der Waals surface area (Å²) < 4.78 is 5.61. The first kappa shape index (κ1) is 21.0. The highest BCUT2D eigenvalue weighted by molar-refractivity contribution is 6.04. The zero-order valence-corrected chi connectivity index (χ0v) is 19.1. The molecule has 1 aliphatic rings. The molecule has 5 aromatic carbocycles. The van der Waals surface area contributed by atoms with E-state index in [1.807, 2.05) is 48.5 Å². The molecule has 0 bridgehead atoms. The normalized spacial score (nSPS) is 12.0. The molecular formula is C32H23NO2. The highest BCUT2D eigenvalue weighted by Gasteiger charge is 2.28. The van der Waals surface area contributed by atoms with Crippen LogP contribution in [0.25, 0.3) is 32.7 Å². The molecule has 0 spiro atoms. The van der Waals surface area contributed by atoms with Crippen molar-refractivity contribution in [2.24, 2.45) is 0 Å². The molecule has 5 aromatic rings. The van der Waals surface area contributed by atoms with Crippen molar-refractivity contribution in [1.82, 2.24) is 5.32 Å². The average Bonchev–Trinajstić information content (AvgIpc) is 3.23. The van der Waals surface area contributed by atoms with E-state index in [4.69, 9.17) is 4.74 Å². The summed E-state index contributed by atoms with van der Waals surface area (Å²) in [6, 6.07) is 35.3. The number of alkyl carbamates (subject to hydrolysis) is 1. The van der Waals surface area contributed by atoms with Gasteiger partial charge < -0.3 is 10.1 Å². The van der Waals surface area contributed by atoms with Crippen LogP contribution in [0.3, 0.4) is 0 Å². The Bertz CT molecular complexity index is 1540. The molecule has 168 valence electrons. The largest absolute Gasteiger partial charge is 0.449 e. The van der Waals surface area contributed by atoms with Gasteiger partial charge in [0.25, 0.3) is 0 Å². The zero-order chi connectivity index (χ0) is 23.6. The zero-order valence-electron chi connectivity index (χ0n) is 19.1. The van der Waals surface area contributed by atoms with Gasteiger partial charge in [0, 0.05) is 11.5 Å². The van der Waals surface area contributed by atoms with Crippen LogP contribution in [0.1, 0.15) is 22.6 Å². The second kappa shape index (κ2) is 9.00. The topological polar surface area (TPSA) is 38.3 Å². The van der Waals surface area contributed by atoms with E-state index >= 15 is 0 Å². The van der Waals surface area contributed by atoms with Gasteiger partial charge in [0.2, 0.25) is 0 Å². The van der Waals surface area contributed by atoms with E-state index in [1.165, 1.54) is 22.3 Å². The van der Waals surface area contributed by atoms with Crippen molar-refractivity contribution >= 4 is 27.6 Å². The molecule has 6 rings (SSSR count). The van der Waals surface area contributed by atoms with E-state index in [1.54, 1.807) is 0 Å². The number of nitrogens with one attached hydrogen (secondary N) is 1. The summed E-state index contributed by atoms with van der Waals surface area (Å²) in [5.41, 5.74) is 5.80. The smallest absolute Gasteiger partial charge is 0.407 e. The molecule has 0 atom stereocenters. The van der Waals surface area contributed by atoms with Crippen molar-refractivity contribution in [2.45, 2.75) is 5.92 Å². The molecule has 1 N–H and O–H groups in total. The van der Waals surface area contributed by atoms with Crippen molar-refractivity contribution in [1.29, 1.82) is 0 Å². The van der Waals surface area contributed by atoms with E-state index < -0.39 is 6.09 Å². The van der Waals surface area contributed by atoms with E-state index in [9.17, 15) is 4.79 Å². The van der Waals surface area contributed by atoms with Crippen LogP contribution >= 0.6 is 0 Å². The van der Waals surface area contributed by atoms with E-state index in [2.05, 4.69) is 71.8 Å². The Morgan fingerprint density at radius 1 is 0.743 bits per heavy atom. The lowest BCUT2D eigenvalue weighted by Crippen LogP contribution is -2.26. The fourth-order valence-electron chi connectivity index (χ4n) is 5.05. The third-order valence-electron chi connectivity index (χ3n) is 6.65. The van der Waals surface area contributed by atoms with Crippen LogP contribution in [-0.4, -0.2) is 19.2 Å². The molecule has 0 radical (unpaired) electrons. The molecule has 1 amide bonds. The summed E-state index contributed by atoms with van der Waals surface area (Å²) in [5, 5.41) is 7.31. The maximum Gasteiger partial charge on any atom is 0.407 e. The standard InChI is InChI=1S/C32H23NO2/c34-32(35-21-31-29-16-7-5-14-27(29)28-15-6-8-17-30(28)31)33-19-9-18-26-24-12-3-1-10-22(24)20-23-11-2-4-13-25(23)26/h1-8,10-17,20,31H,19,21H2,(H,33,34). The minimum Gasteiger partial charge on any atom is -0.449 e. The van der Waals surface area contributed by atoms with Crippen LogP contribution in [0, 0.1) is 11.8 Å². The van der Waals surface area contributed by atoms with E-state index in [0.29, 0.717) is 6.61 Å². The number of carbonyl (C=O) groups is 1. The summed E-state index contributed by atoms with van der Waals surface area (Å²) in [6.07, 6.45) is -0.455. The molecule has 0 saturated carbocycles. The van der Waals surface area contributed by atoms with Crippen molar-refractivity contribution in [2.75, 3.05) is 13.2 Å². The van der Waals surface area contributed by atoms with E-state index in [-0.39, 0.29) is 12.5 Å². The third kappa shape index (κ3) is 3.90. The maximum atomic E-state index is 12.5. The Morgan fingerprint density at radius 3 is 1.91 bits per heavy atom. The van der Waals surface area contributed by atoms with Gasteiger partial charge in [0.05, 0.1) is 6.54 Å². The van der Waals surface area contributed by atoms with Crippen LogP contribution in [0.2, 0.25) is 0 Å². The van der Waals surface area contributed by atoms with Gasteiger partial charge in [0.1, 0.15) is 6.61 Å². The van der Waals surface area contributed by atoms with Gasteiger partial charge in [-0.15, -0.1) is 0 Å². The number of hydrogen-bond donors (Lipinski definition) is 1. The first-order valence-electron chi connectivity index (χ1n) is 11.8. The van der Waals surface area contributed by atoms with Gasteiger partial charge >= 0.3 is 6.09 Å². The molecule has 0 saturated heterocycles. The average molecular weight is 454 g/mol. The molecule has 1 aliphatic carbocycles. The number of hydrogen-bond acceptors (Lipinski definition) is 2. The Morgan fingerprint density at radius 2 is 1.29 bits per heavy atom.